The number of hydrogen-bond acceptors (Lipinski definition) is 4. The van der Waals surface area contributed by atoms with Gasteiger partial charge in [-0.1, -0.05) is 20.8 Å². The molecule has 0 aliphatic heterocycles. The first-order valence-corrected chi connectivity index (χ1v) is 8.85. The number of nitrogens with one attached hydrogen (secondary N) is 1. The van der Waals surface area contributed by atoms with Crippen LogP contribution in [0.25, 0.3) is 11.1 Å². The van der Waals surface area contributed by atoms with Crippen molar-refractivity contribution in [3.05, 3.63) is 51.9 Å². The van der Waals surface area contributed by atoms with E-state index < -0.39 is 0 Å². The summed E-state index contributed by atoms with van der Waals surface area (Å²) in [5.74, 6) is 0.436. The van der Waals surface area contributed by atoms with Crippen molar-refractivity contribution < 1.29 is 14.3 Å². The zero-order valence-corrected chi connectivity index (χ0v) is 16.9. The van der Waals surface area contributed by atoms with Crippen molar-refractivity contribution in [2.75, 3.05) is 34.4 Å². The number of carbonyl (C=O) groups is 1. The molecule has 1 aromatic heterocycles. The van der Waals surface area contributed by atoms with Crippen molar-refractivity contribution >= 4 is 5.91 Å². The molecular formula is C21H28N2O4. The number of rotatable bonds is 6. The van der Waals surface area contributed by atoms with Crippen molar-refractivity contribution in [1.82, 2.24) is 9.88 Å². The Balaban J connectivity index is 2.72. The average Bonchev–Trinajstić information content (AvgIpc) is 2.64. The van der Waals surface area contributed by atoms with Crippen LogP contribution in [0, 0.1) is 0 Å². The normalized spacial score (nSPS) is 11.3. The summed E-state index contributed by atoms with van der Waals surface area (Å²) in [5.41, 5.74) is 1.95. The van der Waals surface area contributed by atoms with Crippen molar-refractivity contribution in [2.45, 2.75) is 26.2 Å². The largest absolute Gasteiger partial charge is 0.496 e. The first-order chi connectivity index (χ1) is 12.7. The van der Waals surface area contributed by atoms with Crippen molar-refractivity contribution in [3.63, 3.8) is 0 Å². The van der Waals surface area contributed by atoms with E-state index in [1.165, 1.54) is 0 Å². The minimum absolute atomic E-state index is 0.191. The summed E-state index contributed by atoms with van der Waals surface area (Å²) in [6, 6.07) is 7.09. The summed E-state index contributed by atoms with van der Waals surface area (Å²) in [6.07, 6.45) is 1.58. The summed E-state index contributed by atoms with van der Waals surface area (Å²) in [4.78, 5) is 29.8. The van der Waals surface area contributed by atoms with Crippen LogP contribution in [0.4, 0.5) is 0 Å². The van der Waals surface area contributed by atoms with Crippen LogP contribution in [0.1, 0.15) is 36.7 Å². The SMILES string of the molecule is COCCN(C)C(=O)c1cc(OC)c(C(C)(C)C)cc1-c1ccc[nH]c1=O. The highest BCUT2D eigenvalue weighted by atomic mass is 16.5. The lowest BCUT2D eigenvalue weighted by molar-refractivity contribution is 0.0744. The molecule has 27 heavy (non-hydrogen) atoms. The van der Waals surface area contributed by atoms with E-state index in [1.807, 2.05) is 6.07 Å². The monoisotopic (exact) mass is 372 g/mol. The number of H-pyrrole nitrogens is 1. The molecule has 0 aliphatic rings. The second-order valence-corrected chi connectivity index (χ2v) is 7.48. The standard InChI is InChI=1S/C21H28N2O4/c1-21(2,3)17-12-15(14-8-7-9-22-19(14)24)16(13-18(17)27-6)20(25)23(4)10-11-26-5/h7-9,12-13H,10-11H2,1-6H3,(H,22,24). The third-order valence-electron chi connectivity index (χ3n) is 4.46. The topological polar surface area (TPSA) is 71.6 Å². The number of likely N-dealkylation sites (N-methyl/N-ethyl adjacent to an activating group) is 1. The van der Waals surface area contributed by atoms with E-state index in [0.717, 1.165) is 5.56 Å². The molecule has 146 valence electrons. The van der Waals surface area contributed by atoms with E-state index in [4.69, 9.17) is 9.47 Å². The third kappa shape index (κ3) is 4.57. The number of hydrogen-bond donors (Lipinski definition) is 1. The van der Waals surface area contributed by atoms with E-state index >= 15 is 0 Å². The van der Waals surface area contributed by atoms with Crippen LogP contribution in [0.2, 0.25) is 0 Å². The van der Waals surface area contributed by atoms with Crippen molar-refractivity contribution in [2.24, 2.45) is 0 Å². The lowest BCUT2D eigenvalue weighted by Crippen LogP contribution is -2.31. The van der Waals surface area contributed by atoms with Gasteiger partial charge < -0.3 is 19.4 Å². The Morgan fingerprint density at radius 2 is 1.89 bits per heavy atom. The number of nitrogens with zero attached hydrogens (tertiary/aromatic N) is 1. The number of carbonyl (C=O) groups excluding carboxylic acids is 1. The lowest BCUT2D eigenvalue weighted by atomic mass is 9.83. The molecule has 0 spiro atoms. The summed E-state index contributed by atoms with van der Waals surface area (Å²) >= 11 is 0. The van der Waals surface area contributed by atoms with Crippen LogP contribution in [-0.4, -0.2) is 50.2 Å². The van der Waals surface area contributed by atoms with Crippen LogP contribution in [0.3, 0.4) is 0 Å². The maximum absolute atomic E-state index is 13.1. The molecule has 1 N–H and O–H groups in total. The minimum Gasteiger partial charge on any atom is -0.496 e. The fraction of sp³-hybridized carbons (Fsp3) is 0.429. The third-order valence-corrected chi connectivity index (χ3v) is 4.46. The van der Waals surface area contributed by atoms with Gasteiger partial charge in [-0.15, -0.1) is 0 Å². The van der Waals surface area contributed by atoms with Gasteiger partial charge in [-0.05, 0) is 29.7 Å². The van der Waals surface area contributed by atoms with Gasteiger partial charge in [-0.25, -0.2) is 0 Å². The molecule has 2 aromatic rings. The fourth-order valence-electron chi connectivity index (χ4n) is 2.90. The minimum atomic E-state index is -0.240. The Bertz CT molecular complexity index is 865. The molecule has 1 amide bonds. The number of ether oxygens (including phenoxy) is 2. The predicted octanol–water partition coefficient (Wildman–Crippen LogP) is 3.07. The van der Waals surface area contributed by atoms with E-state index in [1.54, 1.807) is 50.6 Å². The van der Waals surface area contributed by atoms with Crippen LogP contribution in [-0.2, 0) is 10.2 Å². The van der Waals surface area contributed by atoms with Crippen LogP contribution in [0.5, 0.6) is 5.75 Å². The van der Waals surface area contributed by atoms with Gasteiger partial charge in [0.25, 0.3) is 11.5 Å². The molecule has 0 fully saturated rings. The first-order valence-electron chi connectivity index (χ1n) is 8.85. The zero-order valence-electron chi connectivity index (χ0n) is 16.9. The second-order valence-electron chi connectivity index (χ2n) is 7.48. The highest BCUT2D eigenvalue weighted by Gasteiger charge is 2.26. The maximum atomic E-state index is 13.1. The Morgan fingerprint density at radius 3 is 2.44 bits per heavy atom. The number of amides is 1. The Morgan fingerprint density at radius 1 is 1.19 bits per heavy atom. The smallest absolute Gasteiger partial charge is 0.255 e. The Hall–Kier alpha value is -2.60. The highest BCUT2D eigenvalue weighted by Crippen LogP contribution is 2.37. The highest BCUT2D eigenvalue weighted by molar-refractivity contribution is 6.01. The second kappa shape index (κ2) is 8.39. The summed E-state index contributed by atoms with van der Waals surface area (Å²) in [6.45, 7) is 7.08. The fourth-order valence-corrected chi connectivity index (χ4v) is 2.90. The molecule has 6 nitrogen and oxygen atoms in total. The van der Waals surface area contributed by atoms with Crippen LogP contribution < -0.4 is 10.3 Å². The van der Waals surface area contributed by atoms with Gasteiger partial charge in [-0.3, -0.25) is 9.59 Å². The first kappa shape index (κ1) is 20.7. The molecule has 2 rings (SSSR count). The number of pyridine rings is 1. The predicted molar refractivity (Wildman–Crippen MR) is 107 cm³/mol. The average molecular weight is 372 g/mol. The van der Waals surface area contributed by atoms with Crippen LogP contribution in [0.15, 0.2) is 35.3 Å². The van der Waals surface area contributed by atoms with Gasteiger partial charge in [-0.2, -0.15) is 0 Å². The molecule has 0 bridgehead atoms. The van der Waals surface area contributed by atoms with E-state index in [0.29, 0.717) is 35.6 Å². The Kier molecular flexibility index (Phi) is 6.44. The molecule has 6 heteroatoms. The summed E-state index contributed by atoms with van der Waals surface area (Å²) in [7, 11) is 4.89. The quantitative estimate of drug-likeness (QED) is 0.846. The number of aromatic nitrogens is 1. The number of aromatic amines is 1. The van der Waals surface area contributed by atoms with Crippen molar-refractivity contribution in [3.8, 4) is 16.9 Å². The van der Waals surface area contributed by atoms with Crippen molar-refractivity contribution in [1.29, 1.82) is 0 Å². The molecule has 0 atom stereocenters. The van der Waals surface area contributed by atoms with Gasteiger partial charge in [0.05, 0.1) is 19.3 Å². The molecular weight excluding hydrogens is 344 g/mol. The van der Waals surface area contributed by atoms with E-state index in [9.17, 15) is 9.59 Å². The summed E-state index contributed by atoms with van der Waals surface area (Å²) < 4.78 is 10.6. The van der Waals surface area contributed by atoms with Gasteiger partial charge in [0.1, 0.15) is 5.75 Å². The molecule has 0 aliphatic carbocycles. The molecule has 1 heterocycles. The number of methoxy groups -OCH3 is 2. The van der Waals surface area contributed by atoms with Crippen LogP contribution >= 0.6 is 0 Å². The van der Waals surface area contributed by atoms with Gasteiger partial charge in [0, 0.05) is 43.6 Å². The molecule has 0 unspecified atom stereocenters. The molecule has 0 saturated heterocycles. The van der Waals surface area contributed by atoms with Gasteiger partial charge in [0.2, 0.25) is 0 Å². The van der Waals surface area contributed by atoms with E-state index in [2.05, 4.69) is 25.8 Å². The Labute approximate surface area is 160 Å². The maximum Gasteiger partial charge on any atom is 0.255 e. The van der Waals surface area contributed by atoms with E-state index in [-0.39, 0.29) is 16.9 Å². The number of benzene rings is 1. The molecule has 0 saturated carbocycles. The summed E-state index contributed by atoms with van der Waals surface area (Å²) in [5, 5.41) is 0. The molecule has 0 radical (unpaired) electrons. The van der Waals surface area contributed by atoms with Gasteiger partial charge >= 0.3 is 0 Å². The molecule has 1 aromatic carbocycles. The lowest BCUT2D eigenvalue weighted by Gasteiger charge is -2.25. The zero-order chi connectivity index (χ0) is 20.2. The van der Waals surface area contributed by atoms with Gasteiger partial charge in [0.15, 0.2) is 0 Å².